The van der Waals surface area contributed by atoms with Crippen LogP contribution in [0.5, 0.6) is 0 Å². The molecule has 0 aromatic heterocycles. The van der Waals surface area contributed by atoms with Crippen molar-refractivity contribution in [3.05, 3.63) is 12.2 Å². The van der Waals surface area contributed by atoms with Crippen LogP contribution in [0.25, 0.3) is 0 Å². The molecule has 94 heavy (non-hydrogen) atoms. The van der Waals surface area contributed by atoms with Crippen molar-refractivity contribution in [2.45, 2.75) is 469 Å². The van der Waals surface area contributed by atoms with Gasteiger partial charge in [0.2, 0.25) is 0 Å². The molecule has 0 fully saturated rings. The summed E-state index contributed by atoms with van der Waals surface area (Å²) >= 11 is 0. The highest BCUT2D eigenvalue weighted by Gasteiger charge is 2.25. The number of aliphatic carboxylic acids is 1. The number of esters is 2. The zero-order valence-corrected chi connectivity index (χ0v) is 64.2. The first-order valence-electron chi connectivity index (χ1n) is 42.4. The van der Waals surface area contributed by atoms with E-state index in [4.69, 9.17) is 18.9 Å². The van der Waals surface area contributed by atoms with Gasteiger partial charge < -0.3 is 28.5 Å². The summed E-state index contributed by atoms with van der Waals surface area (Å²) in [5.41, 5.74) is 0. The van der Waals surface area contributed by atoms with Crippen LogP contribution in [0.1, 0.15) is 457 Å². The molecule has 558 valence electrons. The first-order chi connectivity index (χ1) is 46.1. The normalized spacial score (nSPS) is 12.6. The second-order valence-corrected chi connectivity index (χ2v) is 30.5. The van der Waals surface area contributed by atoms with Crippen molar-refractivity contribution in [1.82, 2.24) is 0 Å². The minimum atomic E-state index is -1.51. The average molecular weight is 1330 g/mol. The minimum absolute atomic E-state index is 0.173. The second kappa shape index (κ2) is 76.8. The van der Waals surface area contributed by atoms with Crippen LogP contribution in [0, 0.1) is 0 Å². The van der Waals surface area contributed by atoms with Crippen molar-refractivity contribution >= 4 is 17.9 Å². The molecule has 0 heterocycles. The van der Waals surface area contributed by atoms with Crippen LogP contribution >= 0.6 is 0 Å². The molecule has 0 rings (SSSR count). The first-order valence-corrected chi connectivity index (χ1v) is 42.4. The van der Waals surface area contributed by atoms with Gasteiger partial charge in [-0.25, -0.2) is 4.79 Å². The van der Waals surface area contributed by atoms with Gasteiger partial charge in [-0.2, -0.15) is 0 Å². The molecule has 0 bridgehead atoms. The molecule has 0 saturated carbocycles. The van der Waals surface area contributed by atoms with Crippen molar-refractivity contribution in [2.24, 2.45) is 0 Å². The molecule has 0 aromatic carbocycles. The van der Waals surface area contributed by atoms with Gasteiger partial charge >= 0.3 is 17.9 Å². The topological polar surface area (TPSA) is 108 Å². The highest BCUT2D eigenvalue weighted by atomic mass is 16.7. The Bertz CT molecular complexity index is 1550. The molecular weight excluding hydrogens is 1160 g/mol. The van der Waals surface area contributed by atoms with E-state index in [0.29, 0.717) is 17.4 Å². The smallest absolute Gasteiger partial charge is 0.361 e. The van der Waals surface area contributed by atoms with E-state index >= 15 is 0 Å². The number of hydrogen-bond donors (Lipinski definition) is 1. The zero-order chi connectivity index (χ0) is 68.2. The third-order valence-electron chi connectivity index (χ3n) is 19.8. The SMILES string of the molecule is CCCCCCCCCC/C=C\CCCCCCCCCCCCCCCCCCCCCC(=O)OC(COC(=O)CCCCCCCCCCCCCCCCCCCCCCCCCCCCCCCCCCCCCCCC)COC(OCC[N+](C)(C)C)C(=O)O. The van der Waals surface area contributed by atoms with Gasteiger partial charge in [-0.05, 0) is 38.5 Å². The van der Waals surface area contributed by atoms with Gasteiger partial charge in [0, 0.05) is 12.8 Å². The summed E-state index contributed by atoms with van der Waals surface area (Å²) in [6, 6.07) is 0. The van der Waals surface area contributed by atoms with Crippen LogP contribution in [-0.2, 0) is 33.3 Å². The van der Waals surface area contributed by atoms with Crippen molar-refractivity contribution in [1.29, 1.82) is 0 Å². The van der Waals surface area contributed by atoms with Crippen molar-refractivity contribution in [2.75, 3.05) is 47.5 Å². The molecule has 9 nitrogen and oxygen atoms in total. The van der Waals surface area contributed by atoms with Crippen molar-refractivity contribution < 1.29 is 42.9 Å². The number of allylic oxidation sites excluding steroid dienone is 2. The van der Waals surface area contributed by atoms with Crippen LogP contribution in [-0.4, -0.2) is 87.4 Å². The maximum Gasteiger partial charge on any atom is 0.361 e. The monoisotopic (exact) mass is 1330 g/mol. The molecular formula is C85H166NO8+. The van der Waals surface area contributed by atoms with E-state index in [1.807, 2.05) is 21.1 Å². The predicted molar refractivity (Wildman–Crippen MR) is 406 cm³/mol. The van der Waals surface area contributed by atoms with Gasteiger partial charge in [-0.1, -0.05) is 418 Å². The lowest BCUT2D eigenvalue weighted by Gasteiger charge is -2.25. The fourth-order valence-corrected chi connectivity index (χ4v) is 13.3. The molecule has 0 aromatic rings. The fourth-order valence-electron chi connectivity index (χ4n) is 13.3. The number of carboxylic acid groups (broad SMARTS) is 1. The Morgan fingerprint density at radius 3 is 0.787 bits per heavy atom. The third kappa shape index (κ3) is 77.4. The minimum Gasteiger partial charge on any atom is -0.477 e. The summed E-state index contributed by atoms with van der Waals surface area (Å²) in [6.45, 7) is 4.98. The van der Waals surface area contributed by atoms with Gasteiger partial charge in [-0.15, -0.1) is 0 Å². The van der Waals surface area contributed by atoms with E-state index in [1.165, 1.54) is 392 Å². The molecule has 0 aliphatic heterocycles. The van der Waals surface area contributed by atoms with Crippen LogP contribution in [0.3, 0.4) is 0 Å². The zero-order valence-electron chi connectivity index (χ0n) is 64.2. The highest BCUT2D eigenvalue weighted by molar-refractivity contribution is 5.71. The number of carbonyl (C=O) groups is 3. The Morgan fingerprint density at radius 1 is 0.309 bits per heavy atom. The number of hydrogen-bond acceptors (Lipinski definition) is 7. The van der Waals surface area contributed by atoms with E-state index in [9.17, 15) is 19.5 Å². The number of rotatable bonds is 81. The molecule has 0 aliphatic carbocycles. The molecule has 2 atom stereocenters. The maximum absolute atomic E-state index is 13.0. The number of likely N-dealkylation sites (N-methyl/N-ethyl adjacent to an activating group) is 1. The molecule has 0 spiro atoms. The number of ether oxygens (including phenoxy) is 4. The largest absolute Gasteiger partial charge is 0.477 e. The van der Waals surface area contributed by atoms with Gasteiger partial charge in [0.15, 0.2) is 6.10 Å². The summed E-state index contributed by atoms with van der Waals surface area (Å²) in [6.07, 6.45) is 94.0. The summed E-state index contributed by atoms with van der Waals surface area (Å²) in [5.74, 6) is -1.96. The number of nitrogens with zero attached hydrogens (tertiary/aromatic N) is 1. The van der Waals surface area contributed by atoms with E-state index < -0.39 is 18.4 Å². The van der Waals surface area contributed by atoms with Crippen LogP contribution in [0.15, 0.2) is 12.2 Å². The van der Waals surface area contributed by atoms with E-state index in [0.717, 1.165) is 38.5 Å². The second-order valence-electron chi connectivity index (χ2n) is 30.5. The lowest BCUT2D eigenvalue weighted by atomic mass is 10.0. The van der Waals surface area contributed by atoms with E-state index in [1.54, 1.807) is 0 Å². The Morgan fingerprint density at radius 2 is 0.543 bits per heavy atom. The number of carbonyl (C=O) groups excluding carboxylic acids is 2. The standard InChI is InChI=1S/C85H165NO8/c1-6-8-10-12-14-16-18-20-22-24-26-28-30-32-34-36-38-39-40-41-42-43-44-46-47-49-51-53-55-57-59-61-63-65-67-69-71-73-75-82(87)92-79-81(80-93-85(84(89)90)91-78-77-86(3,4)5)94-83(88)76-74-72-70-68-66-64-62-60-58-56-54-52-50-48-45-37-35-33-31-29-27-25-23-21-19-17-15-13-11-9-7-2/h25,27,81,85H,6-24,26,28-80H2,1-5H3/p+1/b27-25-. The highest BCUT2D eigenvalue weighted by Crippen LogP contribution is 2.21. The summed E-state index contributed by atoms with van der Waals surface area (Å²) in [7, 11) is 6.00. The Balaban J connectivity index is 3.91. The van der Waals surface area contributed by atoms with Crippen LogP contribution < -0.4 is 0 Å². The maximum atomic E-state index is 13.0. The van der Waals surface area contributed by atoms with Gasteiger partial charge in [0.05, 0.1) is 34.4 Å². The number of quaternary nitrogens is 1. The van der Waals surface area contributed by atoms with Crippen molar-refractivity contribution in [3.63, 3.8) is 0 Å². The predicted octanol–water partition coefficient (Wildman–Crippen LogP) is 27.1. The van der Waals surface area contributed by atoms with Gasteiger partial charge in [0.1, 0.15) is 13.2 Å². The Labute approximate surface area is 586 Å². The molecule has 0 radical (unpaired) electrons. The molecule has 9 heteroatoms. The molecule has 0 amide bonds. The quantitative estimate of drug-likeness (QED) is 0.0211. The van der Waals surface area contributed by atoms with Crippen LogP contribution in [0.2, 0.25) is 0 Å². The summed E-state index contributed by atoms with van der Waals surface area (Å²) < 4.78 is 23.1. The molecule has 1 N–H and O–H groups in total. The third-order valence-corrected chi connectivity index (χ3v) is 19.8. The average Bonchev–Trinajstić information content (AvgIpc) is 3.76. The van der Waals surface area contributed by atoms with E-state index in [-0.39, 0.29) is 38.2 Å². The fraction of sp³-hybridized carbons (Fsp3) is 0.941. The van der Waals surface area contributed by atoms with Crippen LogP contribution in [0.4, 0.5) is 0 Å². The number of carboxylic acids is 1. The number of unbranched alkanes of at least 4 members (excludes halogenated alkanes) is 64. The van der Waals surface area contributed by atoms with Crippen molar-refractivity contribution in [3.8, 4) is 0 Å². The first kappa shape index (κ1) is 92.0. The lowest BCUT2D eigenvalue weighted by molar-refractivity contribution is -0.870. The molecule has 0 aliphatic rings. The Hall–Kier alpha value is -1.97. The molecule has 0 saturated heterocycles. The van der Waals surface area contributed by atoms with Gasteiger partial charge in [0.25, 0.3) is 6.29 Å². The summed E-state index contributed by atoms with van der Waals surface area (Å²) in [5, 5.41) is 9.78. The molecule has 2 unspecified atom stereocenters. The Kier molecular flexibility index (Phi) is 75.2. The van der Waals surface area contributed by atoms with E-state index in [2.05, 4.69) is 26.0 Å². The lowest BCUT2D eigenvalue weighted by Crippen LogP contribution is -2.40. The summed E-state index contributed by atoms with van der Waals surface area (Å²) in [4.78, 5) is 37.8. The van der Waals surface area contributed by atoms with Gasteiger partial charge in [-0.3, -0.25) is 9.59 Å².